The molecule has 2 aliphatic rings. The van der Waals surface area contributed by atoms with Crippen LogP contribution < -0.4 is 10.9 Å². The van der Waals surface area contributed by atoms with E-state index >= 15 is 0 Å². The Morgan fingerprint density at radius 3 is 1.75 bits per heavy atom. The summed E-state index contributed by atoms with van der Waals surface area (Å²) in [6, 6.07) is 7.86. The van der Waals surface area contributed by atoms with E-state index in [0.717, 1.165) is 11.5 Å². The summed E-state index contributed by atoms with van der Waals surface area (Å²) in [7, 11) is 0. The highest BCUT2D eigenvalue weighted by atomic mass is 16.5. The lowest BCUT2D eigenvalue weighted by atomic mass is 10.2. The third-order valence-corrected chi connectivity index (χ3v) is 1.04. The molecule has 2 heterocycles. The third-order valence-electron chi connectivity index (χ3n) is 1.04. The normalized spacial score (nSPS) is 10.5. The summed E-state index contributed by atoms with van der Waals surface area (Å²) in [5.41, 5.74) is 0. The molecule has 0 amide bonds. The molecule has 0 atom stereocenters. The summed E-state index contributed by atoms with van der Waals surface area (Å²) in [4.78, 5) is 0. The van der Waals surface area contributed by atoms with Gasteiger partial charge in [-0.05, 0) is 12.1 Å². The van der Waals surface area contributed by atoms with Crippen molar-refractivity contribution < 1.29 is 4.74 Å². The number of hydrogen-bond acceptors (Lipinski definition) is 2. The van der Waals surface area contributed by atoms with Crippen molar-refractivity contribution in [1.29, 1.82) is 0 Å². The van der Waals surface area contributed by atoms with Crippen LogP contribution in [0.3, 0.4) is 0 Å². The van der Waals surface area contributed by atoms with Crippen LogP contribution in [0, 0.1) is 0 Å². The van der Waals surface area contributed by atoms with Crippen LogP contribution in [-0.2, 0) is 0 Å². The molecule has 0 aliphatic carbocycles. The highest BCUT2D eigenvalue weighted by Gasteiger charge is 2.05. The summed E-state index contributed by atoms with van der Waals surface area (Å²) in [6.07, 6.45) is 0. The van der Waals surface area contributed by atoms with Crippen molar-refractivity contribution in [3.05, 3.63) is 24.3 Å². The molecular weight excluding hydrogens is 102 g/mol. The van der Waals surface area contributed by atoms with E-state index in [9.17, 15) is 0 Å². The Bertz CT molecular complexity index is 173. The molecule has 0 aromatic heterocycles. The fourth-order valence-corrected chi connectivity index (χ4v) is 0.679. The van der Waals surface area contributed by atoms with Gasteiger partial charge in [0.25, 0.3) is 0 Å². The minimum absolute atomic E-state index is 0. The second-order valence-electron chi connectivity index (χ2n) is 1.58. The molecule has 0 saturated heterocycles. The first-order valence-corrected chi connectivity index (χ1v) is 2.23. The molecule has 2 aliphatic heterocycles. The fourth-order valence-electron chi connectivity index (χ4n) is 0.679. The van der Waals surface area contributed by atoms with Gasteiger partial charge in [-0.1, -0.05) is 6.07 Å². The van der Waals surface area contributed by atoms with E-state index in [1.807, 2.05) is 24.3 Å². The molecule has 3 rings (SSSR count). The van der Waals surface area contributed by atoms with Crippen molar-refractivity contribution in [2.75, 3.05) is 0 Å². The van der Waals surface area contributed by atoms with Gasteiger partial charge in [0.1, 0.15) is 11.5 Å². The van der Waals surface area contributed by atoms with Gasteiger partial charge in [-0.25, -0.2) is 0 Å². The van der Waals surface area contributed by atoms with E-state index in [1.165, 1.54) is 0 Å². The zero-order valence-electron chi connectivity index (χ0n) is 4.42. The summed E-state index contributed by atoms with van der Waals surface area (Å²) in [5.74, 6) is 1.97. The van der Waals surface area contributed by atoms with Crippen molar-refractivity contribution in [3.63, 3.8) is 0 Å². The van der Waals surface area contributed by atoms with E-state index in [-0.39, 0.29) is 6.15 Å². The van der Waals surface area contributed by atoms with Crippen molar-refractivity contribution in [2.24, 2.45) is 0 Å². The molecule has 0 radical (unpaired) electrons. The number of rotatable bonds is 0. The zero-order chi connectivity index (χ0) is 4.69. The van der Waals surface area contributed by atoms with E-state index in [1.54, 1.807) is 0 Å². The van der Waals surface area contributed by atoms with E-state index in [4.69, 9.17) is 4.74 Å². The highest BCUT2D eigenvalue weighted by Crippen LogP contribution is 2.32. The van der Waals surface area contributed by atoms with Crippen LogP contribution in [0.25, 0.3) is 0 Å². The maximum absolute atomic E-state index is 5.01. The molecule has 2 nitrogen and oxygen atoms in total. The Balaban J connectivity index is 0.000000320. The highest BCUT2D eigenvalue weighted by molar-refractivity contribution is 5.43. The summed E-state index contributed by atoms with van der Waals surface area (Å²) < 4.78 is 5.01. The molecule has 1 aromatic carbocycles. The van der Waals surface area contributed by atoms with Gasteiger partial charge < -0.3 is 10.9 Å². The maximum Gasteiger partial charge on any atom is 0.131 e. The summed E-state index contributed by atoms with van der Waals surface area (Å²) in [5, 5.41) is 0. The maximum atomic E-state index is 5.01. The first-order valence-electron chi connectivity index (χ1n) is 2.23. The van der Waals surface area contributed by atoms with Crippen molar-refractivity contribution >= 4 is 0 Å². The van der Waals surface area contributed by atoms with Crippen LogP contribution in [-0.4, -0.2) is 0 Å². The number of benzene rings is 1. The Hall–Kier alpha value is -1.02. The Morgan fingerprint density at radius 2 is 1.62 bits per heavy atom. The largest absolute Gasteiger partial charge is 0.457 e. The van der Waals surface area contributed by atoms with Crippen LogP contribution in [0.5, 0.6) is 11.5 Å². The summed E-state index contributed by atoms with van der Waals surface area (Å²) in [6.45, 7) is 0. The van der Waals surface area contributed by atoms with Crippen LogP contribution in [0.4, 0.5) is 0 Å². The second-order valence-corrected chi connectivity index (χ2v) is 1.58. The molecule has 2 bridgehead atoms. The van der Waals surface area contributed by atoms with Crippen LogP contribution in [0.2, 0.25) is 0 Å². The van der Waals surface area contributed by atoms with Gasteiger partial charge in [-0.2, -0.15) is 0 Å². The minimum atomic E-state index is 0. The van der Waals surface area contributed by atoms with Gasteiger partial charge >= 0.3 is 0 Å². The molecule has 3 N–H and O–H groups in total. The van der Waals surface area contributed by atoms with Crippen LogP contribution in [0.1, 0.15) is 0 Å². The average molecular weight is 109 g/mol. The van der Waals surface area contributed by atoms with E-state index < -0.39 is 0 Å². The Labute approximate surface area is 47.7 Å². The van der Waals surface area contributed by atoms with Crippen molar-refractivity contribution in [2.45, 2.75) is 0 Å². The number of ether oxygens (including phenoxy) is 1. The van der Waals surface area contributed by atoms with Crippen molar-refractivity contribution in [1.82, 2.24) is 6.15 Å². The van der Waals surface area contributed by atoms with Gasteiger partial charge in [0.2, 0.25) is 0 Å². The van der Waals surface area contributed by atoms with Gasteiger partial charge in [0.15, 0.2) is 0 Å². The Morgan fingerprint density at radius 1 is 1.12 bits per heavy atom. The summed E-state index contributed by atoms with van der Waals surface area (Å²) >= 11 is 0. The zero-order valence-corrected chi connectivity index (χ0v) is 4.42. The standard InChI is InChI=1S/C6H4O.H3N/c1-2-5-4-6(3-1)7-5;/h1-4H;1H3. The quantitative estimate of drug-likeness (QED) is 0.562. The van der Waals surface area contributed by atoms with E-state index in [2.05, 4.69) is 0 Å². The van der Waals surface area contributed by atoms with Crippen LogP contribution >= 0.6 is 0 Å². The molecule has 2 heteroatoms. The average Bonchev–Trinajstić information content (AvgIpc) is 1.67. The molecule has 42 valence electrons. The van der Waals surface area contributed by atoms with Gasteiger partial charge in [0, 0.05) is 6.07 Å². The lowest BCUT2D eigenvalue weighted by molar-refractivity contribution is 0.438. The minimum Gasteiger partial charge on any atom is -0.457 e. The number of fused-ring (bicyclic) bond motifs is 2. The molecule has 8 heavy (non-hydrogen) atoms. The predicted octanol–water partition coefficient (Wildman–Crippen LogP) is 1.95. The van der Waals surface area contributed by atoms with Gasteiger partial charge in [0.05, 0.1) is 0 Å². The Kier molecular flexibility index (Phi) is 0.954. The lowest BCUT2D eigenvalue weighted by Gasteiger charge is -2.13. The first kappa shape index (κ1) is 5.12. The topological polar surface area (TPSA) is 44.2 Å². The first-order chi connectivity index (χ1) is 3.45. The molecule has 0 unspecified atom stereocenters. The molecular formula is C6H7NO. The third kappa shape index (κ3) is 0.468. The van der Waals surface area contributed by atoms with Gasteiger partial charge in [-0.15, -0.1) is 0 Å². The van der Waals surface area contributed by atoms with Crippen molar-refractivity contribution in [3.8, 4) is 11.5 Å². The SMILES string of the molecule is N.c1cc2cc(c1)O2. The number of hydrogen-bond donors (Lipinski definition) is 1. The fraction of sp³-hybridized carbons (Fsp3) is 0. The molecule has 1 aromatic rings. The second kappa shape index (κ2) is 1.49. The van der Waals surface area contributed by atoms with Crippen LogP contribution in [0.15, 0.2) is 24.3 Å². The smallest absolute Gasteiger partial charge is 0.131 e. The monoisotopic (exact) mass is 109 g/mol. The van der Waals surface area contributed by atoms with Gasteiger partial charge in [-0.3, -0.25) is 0 Å². The lowest BCUT2D eigenvalue weighted by Crippen LogP contribution is -1.91. The molecule has 0 saturated carbocycles. The predicted molar refractivity (Wildman–Crippen MR) is 31.5 cm³/mol. The molecule has 0 spiro atoms. The van der Waals surface area contributed by atoms with E-state index in [0.29, 0.717) is 0 Å². The molecule has 0 fully saturated rings.